The van der Waals surface area contributed by atoms with Crippen molar-refractivity contribution in [2.45, 2.75) is 42.1 Å². The van der Waals surface area contributed by atoms with Crippen LogP contribution in [0.5, 0.6) is 5.75 Å². The molecule has 1 heterocycles. The van der Waals surface area contributed by atoms with Crippen LogP contribution in [0.2, 0.25) is 0 Å². The monoisotopic (exact) mass is 499 g/mol. The molecule has 1 saturated heterocycles. The number of sulfonamides is 1. The van der Waals surface area contributed by atoms with Gasteiger partial charge in [-0.2, -0.15) is 0 Å². The Balaban J connectivity index is 1.56. The molecule has 1 aliphatic heterocycles. The van der Waals surface area contributed by atoms with Crippen molar-refractivity contribution >= 4 is 33.0 Å². The Labute approximate surface area is 195 Å². The zero-order chi connectivity index (χ0) is 24.2. The SMILES string of the molecule is NS(=O)(=O)c1ccc(CNC(=S)Nc2cccc(O[C@H]3O[C@H](CO)[C@@H](O)[C@H](O)[C@@H]3O)c2)cc1. The fourth-order valence-corrected chi connectivity index (χ4v) is 3.81. The molecule has 0 aromatic heterocycles. The normalized spacial score (nSPS) is 25.3. The smallest absolute Gasteiger partial charge is 0.238 e. The number of benzene rings is 2. The van der Waals surface area contributed by atoms with Gasteiger partial charge in [0, 0.05) is 18.3 Å². The number of hydrogen-bond acceptors (Lipinski definition) is 9. The zero-order valence-electron chi connectivity index (χ0n) is 17.2. The second-order valence-corrected chi connectivity index (χ2v) is 9.31. The summed E-state index contributed by atoms with van der Waals surface area (Å²) in [6.07, 6.45) is -6.93. The van der Waals surface area contributed by atoms with Crippen LogP contribution in [0, 0.1) is 0 Å². The lowest BCUT2D eigenvalue weighted by atomic mass is 9.99. The number of anilines is 1. The highest BCUT2D eigenvalue weighted by Gasteiger charge is 2.44. The molecule has 1 fully saturated rings. The Kier molecular flexibility index (Phi) is 8.20. The Hall–Kier alpha value is -2.36. The molecule has 13 heteroatoms. The van der Waals surface area contributed by atoms with Crippen molar-refractivity contribution in [3.63, 3.8) is 0 Å². The number of aliphatic hydroxyl groups is 4. The molecule has 8 N–H and O–H groups in total. The fourth-order valence-electron chi connectivity index (χ4n) is 3.10. The average molecular weight is 500 g/mol. The highest BCUT2D eigenvalue weighted by atomic mass is 32.2. The van der Waals surface area contributed by atoms with Crippen molar-refractivity contribution in [1.82, 2.24) is 5.32 Å². The van der Waals surface area contributed by atoms with Gasteiger partial charge in [-0.1, -0.05) is 18.2 Å². The molecule has 1 aliphatic rings. The van der Waals surface area contributed by atoms with Gasteiger partial charge in [-0.15, -0.1) is 0 Å². The van der Waals surface area contributed by atoms with Gasteiger partial charge in [-0.25, -0.2) is 13.6 Å². The van der Waals surface area contributed by atoms with E-state index in [1.807, 2.05) is 0 Å². The van der Waals surface area contributed by atoms with Gasteiger partial charge in [0.2, 0.25) is 16.3 Å². The quantitative estimate of drug-likeness (QED) is 0.232. The number of aliphatic hydroxyl groups excluding tert-OH is 4. The van der Waals surface area contributed by atoms with E-state index >= 15 is 0 Å². The number of nitrogens with one attached hydrogen (secondary N) is 2. The number of hydrogen-bond donors (Lipinski definition) is 7. The number of thiocarbonyl (C=S) groups is 1. The summed E-state index contributed by atoms with van der Waals surface area (Å²) in [5.74, 6) is 0.283. The first kappa shape index (κ1) is 25.3. The third-order valence-electron chi connectivity index (χ3n) is 4.90. The van der Waals surface area contributed by atoms with Crippen molar-refractivity contribution in [1.29, 1.82) is 0 Å². The van der Waals surface area contributed by atoms with E-state index in [0.717, 1.165) is 5.56 Å². The molecule has 0 bridgehead atoms. The van der Waals surface area contributed by atoms with Crippen LogP contribution >= 0.6 is 12.2 Å². The van der Waals surface area contributed by atoms with Crippen LogP contribution in [0.1, 0.15) is 5.56 Å². The Morgan fingerprint density at radius 3 is 2.42 bits per heavy atom. The third kappa shape index (κ3) is 6.59. The second-order valence-electron chi connectivity index (χ2n) is 7.34. The standard InChI is InChI=1S/C20H25N3O8S2/c21-33(28,29)14-6-4-11(5-7-14)9-22-20(32)23-12-2-1-3-13(8-12)30-19-18(27)17(26)16(25)15(10-24)31-19/h1-8,15-19,24-27H,9-10H2,(H2,21,28,29)(H2,22,23,32)/t15-,16-,17+,18+,19+/m1/s1. The summed E-state index contributed by atoms with van der Waals surface area (Å²) in [6, 6.07) is 12.6. The van der Waals surface area contributed by atoms with E-state index in [4.69, 9.17) is 26.8 Å². The Bertz CT molecular complexity index is 1070. The van der Waals surface area contributed by atoms with Gasteiger partial charge in [0.1, 0.15) is 30.2 Å². The zero-order valence-corrected chi connectivity index (χ0v) is 18.9. The highest BCUT2D eigenvalue weighted by molar-refractivity contribution is 7.89. The van der Waals surface area contributed by atoms with Crippen LogP contribution in [0.3, 0.4) is 0 Å². The topological polar surface area (TPSA) is 184 Å². The molecule has 0 radical (unpaired) electrons. The summed E-state index contributed by atoms with van der Waals surface area (Å²) in [5.41, 5.74) is 1.34. The predicted octanol–water partition coefficient (Wildman–Crippen LogP) is -1.00. The average Bonchev–Trinajstić information content (AvgIpc) is 2.78. The molecule has 0 amide bonds. The summed E-state index contributed by atoms with van der Waals surface area (Å²) in [6.45, 7) is -0.227. The summed E-state index contributed by atoms with van der Waals surface area (Å²) in [5, 5.41) is 50.4. The molecule has 2 aromatic carbocycles. The molecular formula is C20H25N3O8S2. The fraction of sp³-hybridized carbons (Fsp3) is 0.350. The van der Waals surface area contributed by atoms with Crippen LogP contribution < -0.4 is 20.5 Å². The van der Waals surface area contributed by atoms with Gasteiger partial charge in [-0.3, -0.25) is 0 Å². The molecule has 0 spiro atoms. The highest BCUT2D eigenvalue weighted by Crippen LogP contribution is 2.25. The van der Waals surface area contributed by atoms with Crippen molar-refractivity contribution in [3.8, 4) is 5.75 Å². The summed E-state index contributed by atoms with van der Waals surface area (Å²) in [7, 11) is -3.75. The van der Waals surface area contributed by atoms with Gasteiger partial charge < -0.3 is 40.5 Å². The number of ether oxygens (including phenoxy) is 2. The molecule has 0 saturated carbocycles. The first-order chi connectivity index (χ1) is 15.6. The van der Waals surface area contributed by atoms with E-state index in [1.165, 1.54) is 12.1 Å². The van der Waals surface area contributed by atoms with Crippen molar-refractivity contribution < 1.29 is 38.3 Å². The van der Waals surface area contributed by atoms with Crippen LogP contribution in [0.25, 0.3) is 0 Å². The molecular weight excluding hydrogens is 474 g/mol. The maximum absolute atomic E-state index is 11.3. The third-order valence-corrected chi connectivity index (χ3v) is 6.07. The number of nitrogens with two attached hydrogens (primary N) is 1. The molecule has 33 heavy (non-hydrogen) atoms. The van der Waals surface area contributed by atoms with Crippen LogP contribution in [0.4, 0.5) is 5.69 Å². The van der Waals surface area contributed by atoms with Gasteiger partial charge in [-0.05, 0) is 42.0 Å². The lowest BCUT2D eigenvalue weighted by Crippen LogP contribution is -2.60. The molecule has 0 aliphatic carbocycles. The minimum Gasteiger partial charge on any atom is -0.462 e. The molecule has 2 aromatic rings. The summed E-state index contributed by atoms with van der Waals surface area (Å²) in [4.78, 5) is 0.0168. The van der Waals surface area contributed by atoms with E-state index in [1.54, 1.807) is 36.4 Å². The first-order valence-electron chi connectivity index (χ1n) is 9.82. The second kappa shape index (κ2) is 10.7. The number of primary sulfonamides is 1. The number of rotatable bonds is 7. The predicted molar refractivity (Wildman–Crippen MR) is 122 cm³/mol. The minimum atomic E-state index is -3.75. The van der Waals surface area contributed by atoms with E-state index in [9.17, 15) is 28.8 Å². The minimum absolute atomic E-state index is 0.0168. The van der Waals surface area contributed by atoms with Crippen LogP contribution in [0.15, 0.2) is 53.4 Å². The van der Waals surface area contributed by atoms with E-state index in [0.29, 0.717) is 12.2 Å². The summed E-state index contributed by atoms with van der Waals surface area (Å²) < 4.78 is 33.6. The molecule has 180 valence electrons. The van der Waals surface area contributed by atoms with Gasteiger partial charge >= 0.3 is 0 Å². The Morgan fingerprint density at radius 2 is 1.79 bits per heavy atom. The maximum atomic E-state index is 11.3. The van der Waals surface area contributed by atoms with E-state index < -0.39 is 47.3 Å². The van der Waals surface area contributed by atoms with Crippen LogP contribution in [-0.4, -0.2) is 71.3 Å². The largest absolute Gasteiger partial charge is 0.462 e. The van der Waals surface area contributed by atoms with Crippen molar-refractivity contribution in [3.05, 3.63) is 54.1 Å². The van der Waals surface area contributed by atoms with Crippen LogP contribution in [-0.2, 0) is 21.3 Å². The molecule has 5 atom stereocenters. The Morgan fingerprint density at radius 1 is 1.09 bits per heavy atom. The van der Waals surface area contributed by atoms with Crippen molar-refractivity contribution in [2.24, 2.45) is 5.14 Å². The summed E-state index contributed by atoms with van der Waals surface area (Å²) >= 11 is 5.27. The van der Waals surface area contributed by atoms with Gasteiger partial charge in [0.25, 0.3) is 0 Å². The van der Waals surface area contributed by atoms with E-state index in [-0.39, 0.29) is 15.8 Å². The molecule has 3 rings (SSSR count). The lowest BCUT2D eigenvalue weighted by Gasteiger charge is -2.39. The lowest BCUT2D eigenvalue weighted by molar-refractivity contribution is -0.277. The first-order valence-corrected chi connectivity index (χ1v) is 11.8. The van der Waals surface area contributed by atoms with Gasteiger partial charge in [0.15, 0.2) is 5.11 Å². The van der Waals surface area contributed by atoms with Crippen molar-refractivity contribution in [2.75, 3.05) is 11.9 Å². The molecule has 11 nitrogen and oxygen atoms in total. The van der Waals surface area contributed by atoms with Gasteiger partial charge in [0.05, 0.1) is 11.5 Å². The van der Waals surface area contributed by atoms with E-state index in [2.05, 4.69) is 10.6 Å². The molecule has 0 unspecified atom stereocenters. The maximum Gasteiger partial charge on any atom is 0.238 e.